The summed E-state index contributed by atoms with van der Waals surface area (Å²) >= 11 is 0. The Morgan fingerprint density at radius 3 is 2.31 bits per heavy atom. The van der Waals surface area contributed by atoms with Crippen molar-refractivity contribution in [3.63, 3.8) is 0 Å². The van der Waals surface area contributed by atoms with Crippen LogP contribution in [0.3, 0.4) is 0 Å². The number of carboxylic acids is 1. The van der Waals surface area contributed by atoms with Gasteiger partial charge in [-0.25, -0.2) is 9.18 Å². The number of amides is 1. The van der Waals surface area contributed by atoms with Gasteiger partial charge in [-0.15, -0.1) is 5.10 Å². The predicted molar refractivity (Wildman–Crippen MR) is 144 cm³/mol. The second-order valence-corrected chi connectivity index (χ2v) is 10.7. The largest absolute Gasteiger partial charge is 0.478 e. The van der Waals surface area contributed by atoms with Crippen molar-refractivity contribution in [2.45, 2.75) is 49.7 Å². The third-order valence-corrected chi connectivity index (χ3v) is 8.15. The molecule has 11 heteroatoms. The molecule has 2 N–H and O–H groups in total. The summed E-state index contributed by atoms with van der Waals surface area (Å²) in [4.78, 5) is 25.4. The number of rotatable bonds is 7. The lowest BCUT2D eigenvalue weighted by molar-refractivity contribution is -0.137. The lowest BCUT2D eigenvalue weighted by Crippen LogP contribution is -2.29. The number of hydrogen-bond acceptors (Lipinski definition) is 3. The van der Waals surface area contributed by atoms with Gasteiger partial charge in [-0.3, -0.25) is 9.48 Å². The lowest BCUT2D eigenvalue weighted by atomic mass is 9.91. The molecule has 1 amide bonds. The molecule has 6 nitrogen and oxygen atoms in total. The average molecular weight is 582 g/mol. The molecule has 0 saturated heterocycles. The van der Waals surface area contributed by atoms with E-state index in [1.807, 2.05) is 0 Å². The molecule has 3 aromatic carbocycles. The number of carbonyl (C=O) groups is 2. The summed E-state index contributed by atoms with van der Waals surface area (Å²) in [5, 5.41) is 16.4. The SMILES string of the molecule is O=C(O)c1cc(NC(=O)C2(c3ccc(-c4ccccc4C(F)(F)F)cc3F)CC2)ccc1-c1cn(C2CCC2)nc1F. The minimum Gasteiger partial charge on any atom is -0.478 e. The average Bonchev–Trinajstić information content (AvgIpc) is 3.64. The Morgan fingerprint density at radius 2 is 1.69 bits per heavy atom. The van der Waals surface area contributed by atoms with Crippen LogP contribution in [0.5, 0.6) is 0 Å². The molecular formula is C31H24F5N3O3. The summed E-state index contributed by atoms with van der Waals surface area (Å²) in [6.45, 7) is 0. The van der Waals surface area contributed by atoms with E-state index < -0.39 is 40.8 Å². The molecule has 2 aliphatic rings. The van der Waals surface area contributed by atoms with Crippen LogP contribution in [0.25, 0.3) is 22.3 Å². The van der Waals surface area contributed by atoms with Crippen LogP contribution in [-0.2, 0) is 16.4 Å². The minimum absolute atomic E-state index is 0.0231. The highest BCUT2D eigenvalue weighted by Gasteiger charge is 2.53. The van der Waals surface area contributed by atoms with E-state index in [0.717, 1.165) is 31.4 Å². The van der Waals surface area contributed by atoms with Crippen molar-refractivity contribution in [1.29, 1.82) is 0 Å². The van der Waals surface area contributed by atoms with Crippen LogP contribution in [0, 0.1) is 11.8 Å². The summed E-state index contributed by atoms with van der Waals surface area (Å²) in [5.74, 6) is -3.54. The van der Waals surface area contributed by atoms with Crippen molar-refractivity contribution in [3.8, 4) is 22.3 Å². The van der Waals surface area contributed by atoms with Gasteiger partial charge in [-0.2, -0.15) is 17.6 Å². The number of aromatic carboxylic acids is 1. The quantitative estimate of drug-likeness (QED) is 0.220. The number of aromatic nitrogens is 2. The van der Waals surface area contributed by atoms with Gasteiger partial charge in [0.15, 0.2) is 0 Å². The maximum absolute atomic E-state index is 15.4. The number of anilines is 1. The van der Waals surface area contributed by atoms with Gasteiger partial charge in [-0.05, 0) is 67.5 Å². The minimum atomic E-state index is -4.63. The molecule has 1 heterocycles. The van der Waals surface area contributed by atoms with Crippen LogP contribution >= 0.6 is 0 Å². The van der Waals surface area contributed by atoms with Crippen molar-refractivity contribution in [2.24, 2.45) is 0 Å². The number of nitrogens with zero attached hydrogens (tertiary/aromatic N) is 2. The van der Waals surface area contributed by atoms with E-state index >= 15 is 4.39 Å². The molecule has 0 spiro atoms. The standard InChI is InChI=1S/C31H24F5N3O3/c32-26-14-17(20-6-1-2-7-24(20)31(34,35)36)8-11-25(26)30(12-13-30)29(42)37-18-9-10-21(22(15-18)28(40)41)23-16-39(38-27(23)33)19-4-3-5-19/h1-2,6-11,14-16,19H,3-5,12-13H2,(H,37,42)(H,40,41). The normalized spacial score (nSPS) is 16.1. The van der Waals surface area contributed by atoms with E-state index in [4.69, 9.17) is 0 Å². The summed E-state index contributed by atoms with van der Waals surface area (Å²) < 4.78 is 72.0. The Balaban J connectivity index is 1.26. The molecule has 4 aromatic rings. The first-order valence-electron chi connectivity index (χ1n) is 13.4. The monoisotopic (exact) mass is 581 g/mol. The second kappa shape index (κ2) is 10.1. The van der Waals surface area contributed by atoms with E-state index in [9.17, 15) is 32.3 Å². The number of hydrogen-bond donors (Lipinski definition) is 2. The van der Waals surface area contributed by atoms with Crippen molar-refractivity contribution in [1.82, 2.24) is 9.78 Å². The highest BCUT2D eigenvalue weighted by atomic mass is 19.4. The molecule has 0 aliphatic heterocycles. The summed E-state index contributed by atoms with van der Waals surface area (Å²) in [6, 6.07) is 12.6. The van der Waals surface area contributed by atoms with E-state index in [1.165, 1.54) is 59.4 Å². The van der Waals surface area contributed by atoms with Crippen molar-refractivity contribution in [2.75, 3.05) is 5.32 Å². The van der Waals surface area contributed by atoms with Crippen LogP contribution in [0.2, 0.25) is 0 Å². The molecule has 2 aliphatic carbocycles. The fourth-order valence-electron chi connectivity index (χ4n) is 5.47. The number of nitrogens with one attached hydrogen (secondary N) is 1. The van der Waals surface area contributed by atoms with Crippen molar-refractivity contribution < 1.29 is 36.6 Å². The van der Waals surface area contributed by atoms with Crippen LogP contribution in [0.4, 0.5) is 27.6 Å². The zero-order valence-corrected chi connectivity index (χ0v) is 22.0. The molecule has 1 aromatic heterocycles. The summed E-state index contributed by atoms with van der Waals surface area (Å²) in [6.07, 6.45) is 0.187. The molecule has 0 unspecified atom stereocenters. The van der Waals surface area contributed by atoms with Crippen LogP contribution in [0.15, 0.2) is 66.9 Å². The molecule has 6 rings (SSSR count). The smallest absolute Gasteiger partial charge is 0.417 e. The van der Waals surface area contributed by atoms with Gasteiger partial charge in [0, 0.05) is 23.0 Å². The topological polar surface area (TPSA) is 84.2 Å². The van der Waals surface area contributed by atoms with E-state index in [0.29, 0.717) is 12.8 Å². The third-order valence-electron chi connectivity index (χ3n) is 8.15. The Bertz CT molecular complexity index is 1720. The zero-order chi connectivity index (χ0) is 29.8. The third kappa shape index (κ3) is 4.82. The van der Waals surface area contributed by atoms with E-state index in [2.05, 4.69) is 10.4 Å². The van der Waals surface area contributed by atoms with Crippen molar-refractivity contribution >= 4 is 17.6 Å². The molecule has 2 saturated carbocycles. The maximum Gasteiger partial charge on any atom is 0.417 e. The summed E-state index contributed by atoms with van der Waals surface area (Å²) in [5.41, 5.74) is -2.27. The highest BCUT2D eigenvalue weighted by molar-refractivity contribution is 6.03. The molecule has 216 valence electrons. The fraction of sp³-hybridized carbons (Fsp3) is 0.258. The number of halogens is 5. The number of benzene rings is 3. The van der Waals surface area contributed by atoms with Gasteiger partial charge >= 0.3 is 12.1 Å². The maximum atomic E-state index is 15.4. The van der Waals surface area contributed by atoms with Crippen LogP contribution in [-0.4, -0.2) is 26.8 Å². The van der Waals surface area contributed by atoms with Gasteiger partial charge in [0.05, 0.1) is 28.1 Å². The molecule has 0 atom stereocenters. The van der Waals surface area contributed by atoms with Gasteiger partial charge < -0.3 is 10.4 Å². The number of alkyl halides is 3. The van der Waals surface area contributed by atoms with Crippen LogP contribution < -0.4 is 5.32 Å². The molecule has 0 bridgehead atoms. The predicted octanol–water partition coefficient (Wildman–Crippen LogP) is 7.61. The van der Waals surface area contributed by atoms with Gasteiger partial charge in [0.1, 0.15) is 5.82 Å². The van der Waals surface area contributed by atoms with Gasteiger partial charge in [0.25, 0.3) is 0 Å². The Morgan fingerprint density at radius 1 is 0.952 bits per heavy atom. The van der Waals surface area contributed by atoms with Gasteiger partial charge in [0.2, 0.25) is 11.9 Å². The second-order valence-electron chi connectivity index (χ2n) is 10.7. The lowest BCUT2D eigenvalue weighted by Gasteiger charge is -2.25. The Kier molecular flexibility index (Phi) is 6.63. The first-order chi connectivity index (χ1) is 20.0. The molecule has 2 fully saturated rings. The number of carbonyl (C=O) groups excluding carboxylic acids is 1. The van der Waals surface area contributed by atoms with Gasteiger partial charge in [-0.1, -0.05) is 36.4 Å². The summed E-state index contributed by atoms with van der Waals surface area (Å²) in [7, 11) is 0. The molecule has 0 radical (unpaired) electrons. The zero-order valence-electron chi connectivity index (χ0n) is 22.0. The van der Waals surface area contributed by atoms with Crippen LogP contribution in [0.1, 0.15) is 59.6 Å². The molecular weight excluding hydrogens is 557 g/mol. The van der Waals surface area contributed by atoms with E-state index in [1.54, 1.807) is 0 Å². The van der Waals surface area contributed by atoms with E-state index in [-0.39, 0.29) is 45.1 Å². The Labute approximate surface area is 236 Å². The fourth-order valence-corrected chi connectivity index (χ4v) is 5.47. The van der Waals surface area contributed by atoms with Crippen molar-refractivity contribution in [3.05, 3.63) is 95.3 Å². The first kappa shape index (κ1) is 27.6. The first-order valence-corrected chi connectivity index (χ1v) is 13.4. The molecule has 42 heavy (non-hydrogen) atoms. The highest BCUT2D eigenvalue weighted by Crippen LogP contribution is 2.50. The number of carboxylic acid groups (broad SMARTS) is 1. The Hall–Kier alpha value is -4.54.